The summed E-state index contributed by atoms with van der Waals surface area (Å²) < 4.78 is 6.07. The van der Waals surface area contributed by atoms with Crippen molar-refractivity contribution in [1.82, 2.24) is 10.9 Å². The minimum atomic E-state index is -0.408. The molecule has 0 atom stereocenters. The van der Waals surface area contributed by atoms with E-state index in [9.17, 15) is 9.59 Å². The molecule has 2 aromatic carbocycles. The highest BCUT2D eigenvalue weighted by Gasteiger charge is 2.11. The molecule has 0 aliphatic carbocycles. The van der Waals surface area contributed by atoms with Gasteiger partial charge in [-0.3, -0.25) is 20.4 Å². The Kier molecular flexibility index (Phi) is 5.76. The molecule has 0 bridgehead atoms. The summed E-state index contributed by atoms with van der Waals surface area (Å²) in [6.45, 7) is 4.36. The lowest BCUT2D eigenvalue weighted by molar-refractivity contribution is 0.0846. The van der Waals surface area contributed by atoms with Gasteiger partial charge in [0.1, 0.15) is 5.75 Å². The fourth-order valence-corrected chi connectivity index (χ4v) is 2.37. The molecule has 23 heavy (non-hydrogen) atoms. The zero-order chi connectivity index (χ0) is 16.8. The van der Waals surface area contributed by atoms with Gasteiger partial charge in [0.2, 0.25) is 0 Å². The van der Waals surface area contributed by atoms with Crippen molar-refractivity contribution in [2.75, 3.05) is 6.61 Å². The summed E-state index contributed by atoms with van der Waals surface area (Å²) in [6.07, 6.45) is 0. The third-order valence-electron chi connectivity index (χ3n) is 3.10. The van der Waals surface area contributed by atoms with Crippen LogP contribution in [0.1, 0.15) is 33.2 Å². The Labute approximate surface area is 143 Å². The number of carbonyl (C=O) groups excluding carboxylic acids is 2. The number of hydrogen-bond donors (Lipinski definition) is 2. The van der Waals surface area contributed by atoms with Crippen molar-refractivity contribution in [3.63, 3.8) is 0 Å². The molecule has 2 rings (SSSR count). The maximum Gasteiger partial charge on any atom is 0.269 e. The second kappa shape index (κ2) is 7.78. The molecule has 120 valence electrons. The Morgan fingerprint density at radius 3 is 2.13 bits per heavy atom. The van der Waals surface area contributed by atoms with E-state index in [1.165, 1.54) is 0 Å². The fraction of sp³-hybridized carbons (Fsp3) is 0.176. The Hall–Kier alpha value is -2.34. The summed E-state index contributed by atoms with van der Waals surface area (Å²) >= 11 is 3.35. The summed E-state index contributed by atoms with van der Waals surface area (Å²) in [7, 11) is 0. The lowest BCUT2D eigenvalue weighted by atomic mass is 10.1. The molecular weight excluding hydrogens is 360 g/mol. The minimum absolute atomic E-state index is 0.372. The molecule has 0 aliphatic rings. The van der Waals surface area contributed by atoms with Gasteiger partial charge in [-0.05, 0) is 60.1 Å². The van der Waals surface area contributed by atoms with Crippen LogP contribution in [0.4, 0.5) is 0 Å². The van der Waals surface area contributed by atoms with E-state index in [1.807, 2.05) is 26.0 Å². The van der Waals surface area contributed by atoms with Gasteiger partial charge in [-0.25, -0.2) is 0 Å². The molecule has 0 saturated heterocycles. The van der Waals surface area contributed by atoms with E-state index in [2.05, 4.69) is 26.8 Å². The molecule has 0 radical (unpaired) electrons. The maximum absolute atomic E-state index is 12.1. The number of benzene rings is 2. The average Bonchev–Trinajstić information content (AvgIpc) is 2.55. The molecule has 0 spiro atoms. The van der Waals surface area contributed by atoms with Crippen molar-refractivity contribution in [1.29, 1.82) is 0 Å². The second-order valence-electron chi connectivity index (χ2n) is 4.85. The molecule has 2 amide bonds. The summed E-state index contributed by atoms with van der Waals surface area (Å²) in [6, 6.07) is 12.0. The highest BCUT2D eigenvalue weighted by Crippen LogP contribution is 2.25. The van der Waals surface area contributed by atoms with Gasteiger partial charge in [-0.2, -0.15) is 0 Å². The molecule has 2 aromatic rings. The normalized spacial score (nSPS) is 10.0. The first-order valence-electron chi connectivity index (χ1n) is 7.11. The third kappa shape index (κ3) is 4.56. The summed E-state index contributed by atoms with van der Waals surface area (Å²) in [5, 5.41) is 0. The first kappa shape index (κ1) is 17.0. The second-order valence-corrected chi connectivity index (χ2v) is 5.71. The van der Waals surface area contributed by atoms with Crippen molar-refractivity contribution >= 4 is 27.7 Å². The van der Waals surface area contributed by atoms with Crippen LogP contribution in [0, 0.1) is 6.92 Å². The number of halogens is 1. The van der Waals surface area contributed by atoms with Gasteiger partial charge in [0.25, 0.3) is 11.8 Å². The molecule has 0 aromatic heterocycles. The first-order chi connectivity index (χ1) is 11.0. The zero-order valence-electron chi connectivity index (χ0n) is 12.9. The number of rotatable bonds is 4. The Morgan fingerprint density at radius 2 is 1.57 bits per heavy atom. The number of hydrazine groups is 1. The van der Waals surface area contributed by atoms with Gasteiger partial charge in [-0.1, -0.05) is 17.7 Å². The quantitative estimate of drug-likeness (QED) is 0.804. The fourth-order valence-electron chi connectivity index (χ4n) is 1.88. The van der Waals surface area contributed by atoms with Gasteiger partial charge in [0, 0.05) is 11.1 Å². The van der Waals surface area contributed by atoms with Crippen LogP contribution in [0.3, 0.4) is 0 Å². The van der Waals surface area contributed by atoms with E-state index < -0.39 is 5.91 Å². The van der Waals surface area contributed by atoms with Crippen molar-refractivity contribution in [2.24, 2.45) is 0 Å². The van der Waals surface area contributed by atoms with Gasteiger partial charge >= 0.3 is 0 Å². The average molecular weight is 377 g/mol. The largest absolute Gasteiger partial charge is 0.493 e. The predicted octanol–water partition coefficient (Wildman–Crippen LogP) is 3.23. The third-order valence-corrected chi connectivity index (χ3v) is 3.72. The van der Waals surface area contributed by atoms with Gasteiger partial charge < -0.3 is 4.74 Å². The van der Waals surface area contributed by atoms with Crippen LogP contribution >= 0.6 is 15.9 Å². The molecule has 6 heteroatoms. The van der Waals surface area contributed by atoms with Crippen LogP contribution in [-0.2, 0) is 0 Å². The number of carbonyl (C=O) groups is 2. The Bertz CT molecular complexity index is 714. The minimum Gasteiger partial charge on any atom is -0.493 e. The van der Waals surface area contributed by atoms with Crippen LogP contribution < -0.4 is 15.6 Å². The molecule has 0 fully saturated rings. The van der Waals surface area contributed by atoms with Crippen LogP contribution in [0.5, 0.6) is 5.75 Å². The summed E-state index contributed by atoms with van der Waals surface area (Å²) in [4.78, 5) is 24.0. The van der Waals surface area contributed by atoms with Crippen molar-refractivity contribution in [3.8, 4) is 5.75 Å². The molecule has 0 saturated carbocycles. The standard InChI is InChI=1S/C17H17BrN2O3/c1-3-23-15-9-8-13(10-14(15)18)17(22)20-19-16(21)12-6-4-11(2)5-7-12/h4-10H,3H2,1-2H3,(H,19,21)(H,20,22). The maximum atomic E-state index is 12.1. The van der Waals surface area contributed by atoms with E-state index in [0.717, 1.165) is 5.56 Å². The number of ether oxygens (including phenoxy) is 1. The zero-order valence-corrected chi connectivity index (χ0v) is 14.4. The van der Waals surface area contributed by atoms with Crippen LogP contribution in [0.2, 0.25) is 0 Å². The lowest BCUT2D eigenvalue weighted by Crippen LogP contribution is -2.41. The topological polar surface area (TPSA) is 67.4 Å². The van der Waals surface area contributed by atoms with Crippen molar-refractivity contribution in [3.05, 3.63) is 63.6 Å². The summed E-state index contributed by atoms with van der Waals surface area (Å²) in [5.41, 5.74) is 6.72. The number of hydrogen-bond acceptors (Lipinski definition) is 3. The highest BCUT2D eigenvalue weighted by atomic mass is 79.9. The van der Waals surface area contributed by atoms with E-state index in [1.54, 1.807) is 30.3 Å². The van der Waals surface area contributed by atoms with Gasteiger partial charge in [-0.15, -0.1) is 0 Å². The molecule has 2 N–H and O–H groups in total. The molecule has 0 heterocycles. The van der Waals surface area contributed by atoms with Crippen LogP contribution in [0.15, 0.2) is 46.9 Å². The number of aryl methyl sites for hydroxylation is 1. The predicted molar refractivity (Wildman–Crippen MR) is 91.4 cm³/mol. The van der Waals surface area contributed by atoms with Crippen LogP contribution in [0.25, 0.3) is 0 Å². The van der Waals surface area contributed by atoms with Crippen LogP contribution in [-0.4, -0.2) is 18.4 Å². The molecular formula is C17H17BrN2O3. The van der Waals surface area contributed by atoms with E-state index in [-0.39, 0.29) is 5.91 Å². The SMILES string of the molecule is CCOc1ccc(C(=O)NNC(=O)c2ccc(C)cc2)cc1Br. The van der Waals surface area contributed by atoms with Gasteiger partial charge in [0.15, 0.2) is 0 Å². The highest BCUT2D eigenvalue weighted by molar-refractivity contribution is 9.10. The van der Waals surface area contributed by atoms with Gasteiger partial charge in [0.05, 0.1) is 11.1 Å². The Morgan fingerprint density at radius 1 is 1.00 bits per heavy atom. The monoisotopic (exact) mass is 376 g/mol. The molecule has 5 nitrogen and oxygen atoms in total. The molecule has 0 aliphatic heterocycles. The summed E-state index contributed by atoms with van der Waals surface area (Å²) in [5.74, 6) is -0.120. The van der Waals surface area contributed by atoms with E-state index in [4.69, 9.17) is 4.74 Å². The molecule has 0 unspecified atom stereocenters. The number of nitrogens with one attached hydrogen (secondary N) is 2. The van der Waals surface area contributed by atoms with Crippen molar-refractivity contribution < 1.29 is 14.3 Å². The number of amides is 2. The smallest absolute Gasteiger partial charge is 0.269 e. The van der Waals surface area contributed by atoms with E-state index >= 15 is 0 Å². The lowest BCUT2D eigenvalue weighted by Gasteiger charge is -2.10. The van der Waals surface area contributed by atoms with E-state index in [0.29, 0.717) is 28.0 Å². The van der Waals surface area contributed by atoms with Crippen molar-refractivity contribution in [2.45, 2.75) is 13.8 Å². The first-order valence-corrected chi connectivity index (χ1v) is 7.90. The Balaban J connectivity index is 1.98.